The topological polar surface area (TPSA) is 404 Å². The van der Waals surface area contributed by atoms with Gasteiger partial charge in [0, 0.05) is 124 Å². The molecule has 12 aromatic rings. The van der Waals surface area contributed by atoms with E-state index in [1.165, 1.54) is 18.3 Å². The molecule has 0 spiro atoms. The molecule has 0 aliphatic carbocycles. The second kappa shape index (κ2) is 35.5. The number of aromatic nitrogens is 12. The number of hydrogen-bond acceptors (Lipinski definition) is 16. The van der Waals surface area contributed by atoms with Crippen molar-refractivity contribution in [2.75, 3.05) is 21.3 Å². The number of carbonyl (C=O) groups excluding carboxylic acids is 4. The van der Waals surface area contributed by atoms with Crippen LogP contribution in [0.15, 0.2) is 68.2 Å². The van der Waals surface area contributed by atoms with E-state index in [1.807, 2.05) is 166 Å². The van der Waals surface area contributed by atoms with Crippen LogP contribution in [0.1, 0.15) is 144 Å². The van der Waals surface area contributed by atoms with Gasteiger partial charge in [0.25, 0.3) is 0 Å². The zero-order chi connectivity index (χ0) is 85.8. The van der Waals surface area contributed by atoms with E-state index in [0.717, 1.165) is 112 Å². The Morgan fingerprint density at radius 3 is 0.966 bits per heavy atom. The Kier molecular flexibility index (Phi) is 26.6. The molecule has 12 rings (SSSR count). The zero-order valence-corrected chi connectivity index (χ0v) is 71.4. The van der Waals surface area contributed by atoms with Gasteiger partial charge in [-0.25, -0.2) is 58.3 Å². The fourth-order valence-electron chi connectivity index (χ4n) is 13.4. The van der Waals surface area contributed by atoms with E-state index in [4.69, 9.17) is 18.9 Å². The molecule has 32 heteroatoms. The van der Waals surface area contributed by atoms with Crippen LogP contribution in [0.4, 0.5) is 41.9 Å². The Bertz CT molecular complexity index is 5980. The van der Waals surface area contributed by atoms with Crippen LogP contribution in [0.2, 0.25) is 0 Å². The summed E-state index contributed by atoms with van der Waals surface area (Å²) in [7, 11) is 6.72. The van der Waals surface area contributed by atoms with Gasteiger partial charge in [0.1, 0.15) is 45.1 Å². The standard InChI is InChI=1S/C22H29N5O3.2C21H27N5O3.C20H25N5O3/c1-11(2)24-21(28)25-17-12(3)14(5)19(15(6)13(17)4)30-16-9-10-23-20-18(16)26(7)22(29)27(20)8;1-10(2)23-20(27)24-16-11(3)13(5)18(14(6)12(16)4)29-15-8-9-22-19-17(15)26(7)21(28)25-19;1-10(2)23-20(27)24-16-11(3)13(5)18(14(6)12(16)4)29-15-8-9-22-19-17(15)25-21(28)26(19)7;1-9(2)22-19(26)23-15-10(3)12(5)17(13(6)11(15)4)28-14-7-8-21-18-16(14)24-20(27)25-18/h9-11H,1-8H3,(H2,24,25,28);8-10H,1-7H3,(H,22,25,28)(H2,23,24,27);8-10H,1-7H3,(H,25,28)(H2,23,24,27);7-9H,1-6H3,(H2,22,23,26)(H2,21,24,25,27). The SMILES string of the molecule is Cc1c(C)c(Oc2ccnc3[nH]c(=O)[nH]c23)c(C)c(C)c1NC(=O)NC(C)C.Cc1c(C)c(Oc2ccnc3[nH]c(=O)n(C)c23)c(C)c(C)c1NC(=O)NC(C)C.Cc1c(C)c(Oc2ccnc3c2[nH]c(=O)n3C)c(C)c(C)c1NC(=O)NC(C)C.Cc1c(C)c(Oc2ccnc3c2n(C)c(=O)n3C)c(C)c(C)c1NC(=O)NC(C)C. The fraction of sp³-hybridized carbons (Fsp3) is 0.381. The number of nitrogens with zero attached hydrogens (tertiary/aromatic N) is 8. The lowest BCUT2D eigenvalue weighted by atomic mass is 9.97. The molecule has 0 bridgehead atoms. The quantitative estimate of drug-likeness (QED) is 0.0427. The Balaban J connectivity index is 0.000000177. The number of imidazole rings is 4. The molecular formula is C84H108N20O12. The van der Waals surface area contributed by atoms with Crippen molar-refractivity contribution < 1.29 is 38.1 Å². The highest BCUT2D eigenvalue weighted by Gasteiger charge is 2.27. The molecular weight excluding hydrogens is 1480 g/mol. The van der Waals surface area contributed by atoms with Crippen molar-refractivity contribution >= 4 is 91.5 Å². The van der Waals surface area contributed by atoms with Gasteiger partial charge in [0.15, 0.2) is 45.6 Å². The first-order valence-corrected chi connectivity index (χ1v) is 38.0. The second-order valence-electron chi connectivity index (χ2n) is 30.2. The van der Waals surface area contributed by atoms with Crippen molar-refractivity contribution in [3.63, 3.8) is 0 Å². The highest BCUT2D eigenvalue weighted by molar-refractivity contribution is 5.95. The van der Waals surface area contributed by atoms with Gasteiger partial charge >= 0.3 is 46.9 Å². The third kappa shape index (κ3) is 18.2. The molecule has 32 nitrogen and oxygen atoms in total. The average molecular weight is 1590 g/mol. The molecule has 12 N–H and O–H groups in total. The number of amides is 8. The van der Waals surface area contributed by atoms with Crippen molar-refractivity contribution in [2.45, 2.75) is 190 Å². The minimum Gasteiger partial charge on any atom is -0.454 e. The molecule has 0 aliphatic rings. The smallest absolute Gasteiger partial charge is 0.329 e. The molecule has 0 fully saturated rings. The lowest BCUT2D eigenvalue weighted by Gasteiger charge is -2.22. The summed E-state index contributed by atoms with van der Waals surface area (Å²) >= 11 is 0. The number of benzene rings is 4. The highest BCUT2D eigenvalue weighted by Crippen LogP contribution is 2.44. The van der Waals surface area contributed by atoms with Crippen molar-refractivity contribution in [1.82, 2.24) is 79.4 Å². The van der Waals surface area contributed by atoms with Crippen LogP contribution in [-0.2, 0) is 28.2 Å². The minimum absolute atomic E-state index is 0.0435. The molecule has 8 aromatic heterocycles. The fourth-order valence-corrected chi connectivity index (χ4v) is 13.4. The number of urea groups is 4. The number of nitrogens with one attached hydrogen (secondary N) is 12. The van der Waals surface area contributed by atoms with Gasteiger partial charge in [0.2, 0.25) is 0 Å². The van der Waals surface area contributed by atoms with Crippen molar-refractivity contribution in [3.8, 4) is 46.0 Å². The third-order valence-corrected chi connectivity index (χ3v) is 20.7. The van der Waals surface area contributed by atoms with Gasteiger partial charge in [-0.05, 0) is 255 Å². The van der Waals surface area contributed by atoms with Gasteiger partial charge in [-0.2, -0.15) is 0 Å². The van der Waals surface area contributed by atoms with Crippen LogP contribution in [0, 0.1) is 111 Å². The molecule has 0 saturated carbocycles. The van der Waals surface area contributed by atoms with Crippen molar-refractivity contribution in [1.29, 1.82) is 0 Å². The Hall–Kier alpha value is -13.2. The van der Waals surface area contributed by atoms with Gasteiger partial charge in [-0.15, -0.1) is 0 Å². The van der Waals surface area contributed by atoms with Gasteiger partial charge in [-0.1, -0.05) is 0 Å². The number of rotatable bonds is 16. The summed E-state index contributed by atoms with van der Waals surface area (Å²) < 4.78 is 31.0. The Labute approximate surface area is 671 Å². The first-order chi connectivity index (χ1) is 54.4. The van der Waals surface area contributed by atoms with E-state index in [9.17, 15) is 38.4 Å². The largest absolute Gasteiger partial charge is 0.454 e. The summed E-state index contributed by atoms with van der Waals surface area (Å²) in [4.78, 5) is 125. The van der Waals surface area contributed by atoms with Gasteiger partial charge < -0.3 is 71.4 Å². The summed E-state index contributed by atoms with van der Waals surface area (Å²) in [6.07, 6.45) is 6.43. The monoisotopic (exact) mass is 1590 g/mol. The first kappa shape index (κ1) is 86.8. The summed E-state index contributed by atoms with van der Waals surface area (Å²) in [5.74, 6) is 4.94. The average Bonchev–Trinajstić information content (AvgIpc) is 1.06. The maximum absolute atomic E-state index is 12.3. The van der Waals surface area contributed by atoms with Crippen molar-refractivity contribution in [3.05, 3.63) is 180 Å². The molecule has 0 unspecified atom stereocenters. The van der Waals surface area contributed by atoms with Crippen molar-refractivity contribution in [2.24, 2.45) is 28.2 Å². The van der Waals surface area contributed by atoms with Crippen LogP contribution < -0.4 is 84.2 Å². The maximum Gasteiger partial charge on any atom is 0.329 e. The molecule has 616 valence electrons. The molecule has 8 amide bonds. The minimum atomic E-state index is -0.338. The summed E-state index contributed by atoms with van der Waals surface area (Å²) in [6, 6.07) is 6.15. The lowest BCUT2D eigenvalue weighted by Crippen LogP contribution is -2.34. The Morgan fingerprint density at radius 1 is 0.319 bits per heavy atom. The van der Waals surface area contributed by atoms with Crippen LogP contribution in [0.25, 0.3) is 44.7 Å². The number of ether oxygens (including phenoxy) is 4. The normalized spacial score (nSPS) is 11.2. The van der Waals surface area contributed by atoms with Gasteiger partial charge in [-0.3, -0.25) is 28.2 Å². The zero-order valence-electron chi connectivity index (χ0n) is 71.4. The molecule has 4 aromatic carbocycles. The molecule has 0 atom stereocenters. The predicted octanol–water partition coefficient (Wildman–Crippen LogP) is 15.3. The number of aromatic amines is 4. The molecule has 0 saturated heterocycles. The number of pyridine rings is 4. The number of carbonyl (C=O) groups is 4. The highest BCUT2D eigenvalue weighted by atomic mass is 16.5. The lowest BCUT2D eigenvalue weighted by molar-refractivity contribution is 0.249. The number of hydrogen-bond donors (Lipinski definition) is 12. The molecule has 0 radical (unpaired) electrons. The van der Waals surface area contributed by atoms with Crippen LogP contribution in [0.3, 0.4) is 0 Å². The molecule has 8 heterocycles. The van der Waals surface area contributed by atoms with Crippen LogP contribution >= 0.6 is 0 Å². The van der Waals surface area contributed by atoms with E-state index >= 15 is 0 Å². The van der Waals surface area contributed by atoms with Crippen LogP contribution in [0.5, 0.6) is 46.0 Å². The maximum atomic E-state index is 12.3. The van der Waals surface area contributed by atoms with E-state index in [-0.39, 0.29) is 71.1 Å². The third-order valence-electron chi connectivity index (χ3n) is 20.7. The number of H-pyrrole nitrogens is 4. The van der Waals surface area contributed by atoms with E-state index in [2.05, 4.69) is 82.4 Å². The van der Waals surface area contributed by atoms with E-state index in [0.29, 0.717) is 90.7 Å². The molecule has 0 aliphatic heterocycles. The van der Waals surface area contributed by atoms with Crippen LogP contribution in [-0.4, -0.2) is 106 Å². The summed E-state index contributed by atoms with van der Waals surface area (Å²) in [5.41, 5.74) is 21.1. The number of anilines is 4. The second-order valence-corrected chi connectivity index (χ2v) is 30.2. The summed E-state index contributed by atoms with van der Waals surface area (Å²) in [5, 5.41) is 23.2. The first-order valence-electron chi connectivity index (χ1n) is 38.0. The van der Waals surface area contributed by atoms with E-state index < -0.39 is 0 Å². The Morgan fingerprint density at radius 2 is 0.612 bits per heavy atom. The number of aryl methyl sites for hydroxylation is 4. The summed E-state index contributed by atoms with van der Waals surface area (Å²) in [6.45, 7) is 46.5. The number of fused-ring (bicyclic) bond motifs is 4. The van der Waals surface area contributed by atoms with E-state index in [1.54, 1.807) is 77.2 Å². The molecule has 116 heavy (non-hydrogen) atoms. The predicted molar refractivity (Wildman–Crippen MR) is 456 cm³/mol. The van der Waals surface area contributed by atoms with Gasteiger partial charge in [0.05, 0.1) is 0 Å².